The Morgan fingerprint density at radius 2 is 1.97 bits per heavy atom. The molecule has 2 aromatic heterocycles. The lowest BCUT2D eigenvalue weighted by atomic mass is 10.1. The molecule has 1 amide bonds. The fraction of sp³-hybridized carbons (Fsp3) is 0.333. The van der Waals surface area contributed by atoms with Crippen LogP contribution in [0, 0.1) is 0 Å². The zero-order chi connectivity index (χ0) is 21.7. The minimum atomic E-state index is -3.62. The Kier molecular flexibility index (Phi) is 7.06. The number of rotatable bonds is 9. The van der Waals surface area contributed by atoms with Gasteiger partial charge in [0.15, 0.2) is 0 Å². The monoisotopic (exact) mass is 446 g/mol. The largest absolute Gasteiger partial charge is 0.332 e. The molecule has 0 unspecified atom stereocenters. The highest BCUT2D eigenvalue weighted by Crippen LogP contribution is 2.16. The molecular weight excluding hydrogens is 420 g/mol. The Bertz CT molecular complexity index is 1070. The lowest BCUT2D eigenvalue weighted by Crippen LogP contribution is -2.36. The van der Waals surface area contributed by atoms with Crippen LogP contribution in [0.2, 0.25) is 0 Å². The van der Waals surface area contributed by atoms with Crippen LogP contribution in [-0.4, -0.2) is 41.6 Å². The summed E-state index contributed by atoms with van der Waals surface area (Å²) in [5.41, 5.74) is 1.39. The summed E-state index contributed by atoms with van der Waals surface area (Å²) in [5.74, 6) is -0.150. The standard InChI is InChI=1S/C21H26N4O3S2/c1-16(2)25(15-17-13-22-24(3)14-17)21(26)18-6-8-20(9-7-18)30(27,28)23-11-10-19-5-4-12-29-19/h4-9,12-14,16,23H,10-11,15H2,1-3H3. The van der Waals surface area contributed by atoms with E-state index in [1.165, 1.54) is 12.1 Å². The maximum Gasteiger partial charge on any atom is 0.254 e. The smallest absolute Gasteiger partial charge is 0.254 e. The number of aromatic nitrogens is 2. The molecular formula is C21H26N4O3S2. The highest BCUT2D eigenvalue weighted by Gasteiger charge is 2.21. The van der Waals surface area contributed by atoms with E-state index in [1.807, 2.05) is 44.6 Å². The third-order valence-electron chi connectivity index (χ3n) is 4.65. The minimum absolute atomic E-state index is 0.0139. The summed E-state index contributed by atoms with van der Waals surface area (Å²) in [4.78, 5) is 16.0. The molecule has 0 spiro atoms. The van der Waals surface area contributed by atoms with Crippen molar-refractivity contribution in [1.82, 2.24) is 19.4 Å². The lowest BCUT2D eigenvalue weighted by molar-refractivity contribution is 0.0690. The number of carbonyl (C=O) groups excluding carboxylic acids is 1. The van der Waals surface area contributed by atoms with E-state index in [0.29, 0.717) is 25.1 Å². The highest BCUT2D eigenvalue weighted by atomic mass is 32.2. The van der Waals surface area contributed by atoms with Crippen molar-refractivity contribution in [3.8, 4) is 0 Å². The zero-order valence-corrected chi connectivity index (χ0v) is 18.9. The number of hydrogen-bond acceptors (Lipinski definition) is 5. The van der Waals surface area contributed by atoms with E-state index in [1.54, 1.807) is 39.2 Å². The maximum absolute atomic E-state index is 13.0. The number of carbonyl (C=O) groups is 1. The second-order valence-corrected chi connectivity index (χ2v) is 10.1. The molecule has 3 rings (SSSR count). The van der Waals surface area contributed by atoms with Gasteiger partial charge in [0.2, 0.25) is 10.0 Å². The molecule has 7 nitrogen and oxygen atoms in total. The number of benzene rings is 1. The number of hydrogen-bond donors (Lipinski definition) is 1. The molecule has 0 bridgehead atoms. The van der Waals surface area contributed by atoms with Gasteiger partial charge >= 0.3 is 0 Å². The fourth-order valence-corrected chi connectivity index (χ4v) is 4.77. The lowest BCUT2D eigenvalue weighted by Gasteiger charge is -2.26. The number of amides is 1. The summed E-state index contributed by atoms with van der Waals surface area (Å²) >= 11 is 1.60. The molecule has 0 radical (unpaired) electrons. The van der Waals surface area contributed by atoms with Crippen molar-refractivity contribution in [3.63, 3.8) is 0 Å². The van der Waals surface area contributed by atoms with Crippen LogP contribution in [0.4, 0.5) is 0 Å². The van der Waals surface area contributed by atoms with Crippen molar-refractivity contribution in [2.45, 2.75) is 37.8 Å². The van der Waals surface area contributed by atoms with Gasteiger partial charge in [0.05, 0.1) is 11.1 Å². The van der Waals surface area contributed by atoms with E-state index >= 15 is 0 Å². The fourth-order valence-electron chi connectivity index (χ4n) is 3.03. The van der Waals surface area contributed by atoms with Crippen LogP contribution in [-0.2, 0) is 30.0 Å². The Morgan fingerprint density at radius 1 is 1.23 bits per heavy atom. The maximum atomic E-state index is 13.0. The molecule has 160 valence electrons. The first-order chi connectivity index (χ1) is 14.3. The second-order valence-electron chi connectivity index (χ2n) is 7.30. The average molecular weight is 447 g/mol. The molecule has 0 saturated heterocycles. The molecule has 0 aliphatic rings. The van der Waals surface area contributed by atoms with Crippen LogP contribution in [0.5, 0.6) is 0 Å². The number of aryl methyl sites for hydroxylation is 1. The van der Waals surface area contributed by atoms with Gasteiger partial charge in [-0.2, -0.15) is 5.10 Å². The normalized spacial score (nSPS) is 11.7. The first kappa shape index (κ1) is 22.2. The summed E-state index contributed by atoms with van der Waals surface area (Å²) in [6.07, 6.45) is 4.26. The molecule has 1 aromatic carbocycles. The van der Waals surface area contributed by atoms with E-state index < -0.39 is 10.0 Å². The molecule has 3 aromatic rings. The first-order valence-electron chi connectivity index (χ1n) is 9.67. The molecule has 0 fully saturated rings. The van der Waals surface area contributed by atoms with E-state index in [9.17, 15) is 13.2 Å². The number of thiophene rings is 1. The van der Waals surface area contributed by atoms with Crippen LogP contribution >= 0.6 is 11.3 Å². The van der Waals surface area contributed by atoms with Crippen molar-refractivity contribution < 1.29 is 13.2 Å². The van der Waals surface area contributed by atoms with Gasteiger partial charge < -0.3 is 4.90 Å². The van der Waals surface area contributed by atoms with Gasteiger partial charge in [0, 0.05) is 48.4 Å². The summed E-state index contributed by atoms with van der Waals surface area (Å²) in [7, 11) is -1.79. The van der Waals surface area contributed by atoms with E-state index in [0.717, 1.165) is 10.4 Å². The van der Waals surface area contributed by atoms with Crippen molar-refractivity contribution in [2.75, 3.05) is 6.54 Å². The second kappa shape index (κ2) is 9.55. The first-order valence-corrected chi connectivity index (χ1v) is 12.0. The number of nitrogens with zero attached hydrogens (tertiary/aromatic N) is 3. The zero-order valence-electron chi connectivity index (χ0n) is 17.3. The Hall–Kier alpha value is -2.49. The van der Waals surface area contributed by atoms with Gasteiger partial charge in [-0.15, -0.1) is 11.3 Å². The van der Waals surface area contributed by atoms with Crippen LogP contribution in [0.25, 0.3) is 0 Å². The number of sulfonamides is 1. The van der Waals surface area contributed by atoms with Gasteiger partial charge in [0.1, 0.15) is 0 Å². The van der Waals surface area contributed by atoms with Gasteiger partial charge in [-0.3, -0.25) is 9.48 Å². The molecule has 0 saturated carbocycles. The minimum Gasteiger partial charge on any atom is -0.332 e. The van der Waals surface area contributed by atoms with Crippen LogP contribution in [0.15, 0.2) is 59.1 Å². The Balaban J connectivity index is 1.67. The molecule has 0 atom stereocenters. The number of nitrogens with one attached hydrogen (secondary N) is 1. The van der Waals surface area contributed by atoms with E-state index in [-0.39, 0.29) is 16.8 Å². The molecule has 30 heavy (non-hydrogen) atoms. The van der Waals surface area contributed by atoms with Gasteiger partial charge in [-0.05, 0) is 56.0 Å². The third-order valence-corrected chi connectivity index (χ3v) is 7.06. The van der Waals surface area contributed by atoms with Crippen molar-refractivity contribution in [3.05, 3.63) is 70.2 Å². The predicted molar refractivity (Wildman–Crippen MR) is 118 cm³/mol. The highest BCUT2D eigenvalue weighted by molar-refractivity contribution is 7.89. The van der Waals surface area contributed by atoms with Crippen molar-refractivity contribution in [2.24, 2.45) is 7.05 Å². The molecule has 2 heterocycles. The Morgan fingerprint density at radius 3 is 2.53 bits per heavy atom. The van der Waals surface area contributed by atoms with E-state index in [2.05, 4.69) is 9.82 Å². The molecule has 0 aliphatic heterocycles. The third kappa shape index (κ3) is 5.56. The van der Waals surface area contributed by atoms with E-state index in [4.69, 9.17) is 0 Å². The SMILES string of the molecule is CC(C)N(Cc1cnn(C)c1)C(=O)c1ccc(S(=O)(=O)NCCc2cccs2)cc1. The average Bonchev–Trinajstić information content (AvgIpc) is 3.37. The molecule has 9 heteroatoms. The Labute approximate surface area is 181 Å². The summed E-state index contributed by atoms with van der Waals surface area (Å²) in [6, 6.07) is 9.99. The van der Waals surface area contributed by atoms with Gasteiger partial charge in [-0.1, -0.05) is 6.07 Å². The van der Waals surface area contributed by atoms with Gasteiger partial charge in [-0.25, -0.2) is 13.1 Å². The van der Waals surface area contributed by atoms with Crippen LogP contribution in [0.3, 0.4) is 0 Å². The van der Waals surface area contributed by atoms with Crippen molar-refractivity contribution in [1.29, 1.82) is 0 Å². The summed E-state index contributed by atoms with van der Waals surface area (Å²) in [6.45, 7) is 4.67. The summed E-state index contributed by atoms with van der Waals surface area (Å²) in [5, 5.41) is 6.11. The summed E-state index contributed by atoms with van der Waals surface area (Å²) < 4.78 is 29.3. The predicted octanol–water partition coefficient (Wildman–Crippen LogP) is 3.05. The van der Waals surface area contributed by atoms with Gasteiger partial charge in [0.25, 0.3) is 5.91 Å². The van der Waals surface area contributed by atoms with Crippen molar-refractivity contribution >= 4 is 27.3 Å². The quantitative estimate of drug-likeness (QED) is 0.548. The van der Waals surface area contributed by atoms with Crippen LogP contribution < -0.4 is 4.72 Å². The topological polar surface area (TPSA) is 84.3 Å². The molecule has 1 N–H and O–H groups in total. The molecule has 0 aliphatic carbocycles. The van der Waals surface area contributed by atoms with Crippen LogP contribution in [0.1, 0.15) is 34.6 Å².